The third-order valence-corrected chi connectivity index (χ3v) is 3.27. The van der Waals surface area contributed by atoms with Gasteiger partial charge in [0.05, 0.1) is 5.56 Å². The van der Waals surface area contributed by atoms with Crippen molar-refractivity contribution in [1.29, 1.82) is 0 Å². The first-order chi connectivity index (χ1) is 8.56. The highest BCUT2D eigenvalue weighted by molar-refractivity contribution is 7.99. The molecule has 5 heteroatoms. The summed E-state index contributed by atoms with van der Waals surface area (Å²) >= 11 is 1.34. The summed E-state index contributed by atoms with van der Waals surface area (Å²) in [7, 11) is 0. The summed E-state index contributed by atoms with van der Waals surface area (Å²) in [6, 6.07) is 8.74. The Labute approximate surface area is 109 Å². The summed E-state index contributed by atoms with van der Waals surface area (Å²) in [5.74, 6) is -0.245. The minimum atomic E-state index is -0.930. The number of carboxylic acids is 1. The fourth-order valence-electron chi connectivity index (χ4n) is 1.58. The van der Waals surface area contributed by atoms with E-state index in [-0.39, 0.29) is 5.56 Å². The highest BCUT2D eigenvalue weighted by Crippen LogP contribution is 2.29. The van der Waals surface area contributed by atoms with Gasteiger partial charge >= 0.3 is 5.97 Å². The van der Waals surface area contributed by atoms with Crippen LogP contribution in [-0.4, -0.2) is 21.0 Å². The summed E-state index contributed by atoms with van der Waals surface area (Å²) in [6.07, 6.45) is 0. The number of aromatic carboxylic acids is 1. The molecular formula is C13H12N2O2S. The molecule has 1 N–H and O–H groups in total. The molecule has 1 heterocycles. The van der Waals surface area contributed by atoms with Crippen LogP contribution in [0.4, 0.5) is 0 Å². The lowest BCUT2D eigenvalue weighted by Crippen LogP contribution is -1.99. The Morgan fingerprint density at radius 3 is 2.61 bits per heavy atom. The second-order valence-electron chi connectivity index (χ2n) is 3.80. The first-order valence-electron chi connectivity index (χ1n) is 5.39. The second-order valence-corrected chi connectivity index (χ2v) is 4.86. The molecule has 0 saturated heterocycles. The Morgan fingerprint density at radius 1 is 1.22 bits per heavy atom. The number of rotatable bonds is 3. The number of carbonyl (C=O) groups is 1. The maximum Gasteiger partial charge on any atom is 0.336 e. The Bertz CT molecular complexity index is 579. The van der Waals surface area contributed by atoms with E-state index < -0.39 is 5.97 Å². The molecule has 0 spiro atoms. The van der Waals surface area contributed by atoms with Gasteiger partial charge in [-0.25, -0.2) is 14.8 Å². The van der Waals surface area contributed by atoms with Crippen molar-refractivity contribution in [2.24, 2.45) is 0 Å². The van der Waals surface area contributed by atoms with Crippen molar-refractivity contribution in [3.63, 3.8) is 0 Å². The van der Waals surface area contributed by atoms with Gasteiger partial charge in [-0.2, -0.15) is 0 Å². The topological polar surface area (TPSA) is 63.1 Å². The first kappa shape index (κ1) is 12.6. The van der Waals surface area contributed by atoms with Gasteiger partial charge in [-0.15, -0.1) is 0 Å². The normalized spacial score (nSPS) is 10.3. The molecule has 18 heavy (non-hydrogen) atoms. The monoisotopic (exact) mass is 260 g/mol. The molecule has 2 rings (SSSR count). The second kappa shape index (κ2) is 5.18. The lowest BCUT2D eigenvalue weighted by atomic mass is 10.2. The van der Waals surface area contributed by atoms with Crippen LogP contribution < -0.4 is 0 Å². The molecule has 0 atom stereocenters. The number of aromatic nitrogens is 2. The summed E-state index contributed by atoms with van der Waals surface area (Å²) in [5.41, 5.74) is 1.16. The number of benzene rings is 1. The van der Waals surface area contributed by atoms with E-state index in [0.717, 1.165) is 10.7 Å². The standard InChI is InChI=1S/C13H12N2O2S/c1-8-7-12(15-9(2)14-8)18-11-6-4-3-5-10(11)13(16)17/h3-7H,1-2H3,(H,16,17). The molecule has 0 aliphatic carbocycles. The molecule has 1 aromatic carbocycles. The molecule has 1 aromatic heterocycles. The molecular weight excluding hydrogens is 248 g/mol. The minimum absolute atomic E-state index is 0.288. The van der Waals surface area contributed by atoms with Crippen molar-refractivity contribution in [2.75, 3.05) is 0 Å². The van der Waals surface area contributed by atoms with E-state index in [9.17, 15) is 4.79 Å². The smallest absolute Gasteiger partial charge is 0.336 e. The van der Waals surface area contributed by atoms with Gasteiger partial charge in [-0.3, -0.25) is 0 Å². The van der Waals surface area contributed by atoms with E-state index in [1.165, 1.54) is 11.8 Å². The number of carboxylic acid groups (broad SMARTS) is 1. The Hall–Kier alpha value is -1.88. The summed E-state index contributed by atoms with van der Waals surface area (Å²) < 4.78 is 0. The van der Waals surface area contributed by atoms with Gasteiger partial charge in [-0.1, -0.05) is 23.9 Å². The molecule has 0 aliphatic heterocycles. The number of aryl methyl sites for hydroxylation is 2. The summed E-state index contributed by atoms with van der Waals surface area (Å²) in [6.45, 7) is 3.71. The van der Waals surface area contributed by atoms with E-state index in [1.807, 2.05) is 26.0 Å². The number of nitrogens with zero attached hydrogens (tertiary/aromatic N) is 2. The number of hydrogen-bond donors (Lipinski definition) is 1. The van der Waals surface area contributed by atoms with Crippen LogP contribution in [0.3, 0.4) is 0 Å². The van der Waals surface area contributed by atoms with Crippen LogP contribution in [0.15, 0.2) is 40.3 Å². The zero-order chi connectivity index (χ0) is 13.1. The fourth-order valence-corrected chi connectivity index (χ4v) is 2.62. The lowest BCUT2D eigenvalue weighted by molar-refractivity contribution is 0.0693. The van der Waals surface area contributed by atoms with Crippen LogP contribution in [0.1, 0.15) is 21.9 Å². The molecule has 92 valence electrons. The van der Waals surface area contributed by atoms with Crippen LogP contribution >= 0.6 is 11.8 Å². The molecule has 2 aromatic rings. The fraction of sp³-hybridized carbons (Fsp3) is 0.154. The molecule has 0 radical (unpaired) electrons. The molecule has 0 saturated carbocycles. The van der Waals surface area contributed by atoms with Gasteiger partial charge in [0.25, 0.3) is 0 Å². The predicted octanol–water partition coefficient (Wildman–Crippen LogP) is 2.94. The van der Waals surface area contributed by atoms with Crippen LogP contribution in [0.2, 0.25) is 0 Å². The van der Waals surface area contributed by atoms with Gasteiger partial charge in [0, 0.05) is 10.6 Å². The van der Waals surface area contributed by atoms with Gasteiger partial charge in [0.1, 0.15) is 10.9 Å². The van der Waals surface area contributed by atoms with Crippen molar-refractivity contribution in [3.05, 3.63) is 47.4 Å². The third kappa shape index (κ3) is 2.87. The highest BCUT2D eigenvalue weighted by Gasteiger charge is 2.11. The van der Waals surface area contributed by atoms with Crippen LogP contribution in [0.25, 0.3) is 0 Å². The quantitative estimate of drug-likeness (QED) is 0.860. The maximum absolute atomic E-state index is 11.1. The minimum Gasteiger partial charge on any atom is -0.478 e. The van der Waals surface area contributed by atoms with Crippen LogP contribution in [0.5, 0.6) is 0 Å². The van der Waals surface area contributed by atoms with E-state index in [2.05, 4.69) is 9.97 Å². The summed E-state index contributed by atoms with van der Waals surface area (Å²) in [5, 5.41) is 9.86. The van der Waals surface area contributed by atoms with Gasteiger partial charge in [-0.05, 0) is 32.0 Å². The molecule has 0 bridgehead atoms. The van der Waals surface area contributed by atoms with Crippen molar-refractivity contribution in [3.8, 4) is 0 Å². The van der Waals surface area contributed by atoms with Crippen molar-refractivity contribution in [1.82, 2.24) is 9.97 Å². The van der Waals surface area contributed by atoms with Crippen LogP contribution in [-0.2, 0) is 0 Å². The van der Waals surface area contributed by atoms with Gasteiger partial charge < -0.3 is 5.11 Å². The van der Waals surface area contributed by atoms with E-state index >= 15 is 0 Å². The average molecular weight is 260 g/mol. The van der Waals surface area contributed by atoms with E-state index in [0.29, 0.717) is 10.7 Å². The Morgan fingerprint density at radius 2 is 1.94 bits per heavy atom. The lowest BCUT2D eigenvalue weighted by Gasteiger charge is -2.06. The third-order valence-electron chi connectivity index (χ3n) is 2.27. The van der Waals surface area contributed by atoms with Crippen LogP contribution in [0, 0.1) is 13.8 Å². The van der Waals surface area contributed by atoms with Gasteiger partial charge in [0.2, 0.25) is 0 Å². The molecule has 4 nitrogen and oxygen atoms in total. The van der Waals surface area contributed by atoms with Crippen molar-refractivity contribution >= 4 is 17.7 Å². The van der Waals surface area contributed by atoms with Gasteiger partial charge in [0.15, 0.2) is 0 Å². The van der Waals surface area contributed by atoms with Crippen molar-refractivity contribution in [2.45, 2.75) is 23.8 Å². The molecule has 0 aliphatic rings. The van der Waals surface area contributed by atoms with E-state index in [4.69, 9.17) is 5.11 Å². The van der Waals surface area contributed by atoms with E-state index in [1.54, 1.807) is 18.2 Å². The zero-order valence-electron chi connectivity index (χ0n) is 10.0. The Balaban J connectivity index is 2.37. The average Bonchev–Trinajstić information content (AvgIpc) is 2.27. The van der Waals surface area contributed by atoms with Crippen molar-refractivity contribution < 1.29 is 9.90 Å². The largest absolute Gasteiger partial charge is 0.478 e. The number of hydrogen-bond acceptors (Lipinski definition) is 4. The zero-order valence-corrected chi connectivity index (χ0v) is 10.9. The maximum atomic E-state index is 11.1. The summed E-state index contributed by atoms with van der Waals surface area (Å²) in [4.78, 5) is 20.3. The predicted molar refractivity (Wildman–Crippen MR) is 69.0 cm³/mol. The Kier molecular flexibility index (Phi) is 3.62. The SMILES string of the molecule is Cc1cc(Sc2ccccc2C(=O)O)nc(C)n1. The first-order valence-corrected chi connectivity index (χ1v) is 6.20. The highest BCUT2D eigenvalue weighted by atomic mass is 32.2. The molecule has 0 unspecified atom stereocenters. The molecule has 0 amide bonds. The molecule has 0 fully saturated rings.